The summed E-state index contributed by atoms with van der Waals surface area (Å²) in [5, 5.41) is 2.84. The lowest BCUT2D eigenvalue weighted by Gasteiger charge is -2.25. The molecule has 0 radical (unpaired) electrons. The van der Waals surface area contributed by atoms with Gasteiger partial charge in [0.25, 0.3) is 5.91 Å². The molecule has 1 aromatic rings. The second-order valence-electron chi connectivity index (χ2n) is 5.29. The molecular formula is C16H21FN2O. The lowest BCUT2D eigenvalue weighted by atomic mass is 9.98. The van der Waals surface area contributed by atoms with Crippen LogP contribution in [-0.4, -0.2) is 18.0 Å². The molecule has 0 aliphatic heterocycles. The predicted molar refractivity (Wildman–Crippen MR) is 78.8 cm³/mol. The van der Waals surface area contributed by atoms with Gasteiger partial charge in [-0.25, -0.2) is 4.39 Å². The molecule has 0 heterocycles. The molecule has 3 N–H and O–H groups in total. The van der Waals surface area contributed by atoms with E-state index in [4.69, 9.17) is 5.73 Å². The van der Waals surface area contributed by atoms with Gasteiger partial charge in [0.15, 0.2) is 0 Å². The second kappa shape index (κ2) is 7.06. The first-order valence-electron chi connectivity index (χ1n) is 6.70. The molecule has 0 bridgehead atoms. The molecule has 1 amide bonds. The maximum atomic E-state index is 13.9. The highest BCUT2D eigenvalue weighted by Crippen LogP contribution is 2.15. The number of carbonyl (C=O) groups excluding carboxylic acids is 1. The summed E-state index contributed by atoms with van der Waals surface area (Å²) < 4.78 is 13.9. The van der Waals surface area contributed by atoms with Gasteiger partial charge >= 0.3 is 0 Å². The van der Waals surface area contributed by atoms with Gasteiger partial charge in [0.1, 0.15) is 5.82 Å². The van der Waals surface area contributed by atoms with Crippen molar-refractivity contribution >= 4 is 5.91 Å². The molecule has 0 aliphatic carbocycles. The van der Waals surface area contributed by atoms with E-state index >= 15 is 0 Å². The van der Waals surface area contributed by atoms with E-state index in [0.29, 0.717) is 5.56 Å². The third-order valence-electron chi connectivity index (χ3n) is 2.88. The number of halogens is 1. The van der Waals surface area contributed by atoms with E-state index in [1.165, 1.54) is 12.1 Å². The zero-order valence-electron chi connectivity index (χ0n) is 12.2. The second-order valence-corrected chi connectivity index (χ2v) is 5.29. The number of amides is 1. The number of rotatable bonds is 4. The number of benzene rings is 1. The lowest BCUT2D eigenvalue weighted by molar-refractivity contribution is 0.0905. The first kappa shape index (κ1) is 16.2. The Kier molecular flexibility index (Phi) is 5.72. The van der Waals surface area contributed by atoms with Crippen LogP contribution in [0.1, 0.15) is 49.5 Å². The van der Waals surface area contributed by atoms with Crippen LogP contribution in [0.2, 0.25) is 0 Å². The molecule has 3 nitrogen and oxygen atoms in total. The number of nitrogens with two attached hydrogens (primary N) is 1. The van der Waals surface area contributed by atoms with Crippen LogP contribution in [-0.2, 0) is 0 Å². The molecule has 0 unspecified atom stereocenters. The highest BCUT2D eigenvalue weighted by molar-refractivity contribution is 5.95. The fourth-order valence-electron chi connectivity index (χ4n) is 1.99. The molecule has 0 aliphatic rings. The van der Waals surface area contributed by atoms with Gasteiger partial charge in [0, 0.05) is 11.1 Å². The minimum atomic E-state index is -0.571. The van der Waals surface area contributed by atoms with Gasteiger partial charge in [0.05, 0.1) is 12.1 Å². The van der Waals surface area contributed by atoms with Crippen molar-refractivity contribution in [1.29, 1.82) is 0 Å². The van der Waals surface area contributed by atoms with Crippen molar-refractivity contribution in [3.63, 3.8) is 0 Å². The van der Waals surface area contributed by atoms with Crippen LogP contribution in [0, 0.1) is 17.7 Å². The van der Waals surface area contributed by atoms with E-state index in [1.54, 1.807) is 6.07 Å². The Bertz CT molecular complexity index is 541. The Morgan fingerprint density at radius 1 is 1.45 bits per heavy atom. The van der Waals surface area contributed by atoms with Gasteiger partial charge in [0.2, 0.25) is 0 Å². The van der Waals surface area contributed by atoms with Crippen LogP contribution in [0.5, 0.6) is 0 Å². The maximum absolute atomic E-state index is 13.9. The minimum Gasteiger partial charge on any atom is -0.347 e. The van der Waals surface area contributed by atoms with E-state index in [1.807, 2.05) is 20.8 Å². The third kappa shape index (κ3) is 4.67. The Morgan fingerprint density at radius 3 is 2.70 bits per heavy atom. The quantitative estimate of drug-likeness (QED) is 0.830. The molecule has 1 rings (SSSR count). The summed E-state index contributed by atoms with van der Waals surface area (Å²) in [5.74, 6) is 4.40. The molecule has 4 heteroatoms. The number of hydrogen-bond acceptors (Lipinski definition) is 2. The van der Waals surface area contributed by atoms with E-state index in [9.17, 15) is 9.18 Å². The Labute approximate surface area is 119 Å². The van der Waals surface area contributed by atoms with Gasteiger partial charge in [-0.05, 0) is 38.5 Å². The SMILES string of the molecule is CCCC(C)(C)NC(=O)c1ccc(C#CCN)cc1F. The van der Waals surface area contributed by atoms with Crippen molar-refractivity contribution in [2.45, 2.75) is 39.2 Å². The monoisotopic (exact) mass is 276 g/mol. The van der Waals surface area contributed by atoms with Crippen LogP contribution in [0.25, 0.3) is 0 Å². The standard InChI is InChI=1S/C16H21FN2O/c1-4-9-16(2,3)19-15(20)13-8-7-12(6-5-10-18)11-14(13)17/h7-8,11H,4,9-10,18H2,1-3H3,(H,19,20). The van der Waals surface area contributed by atoms with Gasteiger partial charge < -0.3 is 11.1 Å². The van der Waals surface area contributed by atoms with E-state index in [-0.39, 0.29) is 17.6 Å². The summed E-state index contributed by atoms with van der Waals surface area (Å²) >= 11 is 0. The number of hydrogen-bond donors (Lipinski definition) is 2. The Morgan fingerprint density at radius 2 is 2.15 bits per heavy atom. The van der Waals surface area contributed by atoms with Gasteiger partial charge in [-0.1, -0.05) is 25.2 Å². The first-order valence-corrected chi connectivity index (χ1v) is 6.70. The number of carbonyl (C=O) groups is 1. The van der Waals surface area contributed by atoms with E-state index in [0.717, 1.165) is 12.8 Å². The summed E-state index contributed by atoms with van der Waals surface area (Å²) in [6.45, 7) is 6.11. The van der Waals surface area contributed by atoms with Crippen LogP contribution in [0.4, 0.5) is 4.39 Å². The number of nitrogens with one attached hydrogen (secondary N) is 1. The van der Waals surface area contributed by atoms with Crippen molar-refractivity contribution in [3.05, 3.63) is 35.1 Å². The summed E-state index contributed by atoms with van der Waals surface area (Å²) in [4.78, 5) is 12.1. The molecule has 0 saturated heterocycles. The molecule has 108 valence electrons. The topological polar surface area (TPSA) is 55.1 Å². The zero-order valence-corrected chi connectivity index (χ0v) is 12.2. The first-order chi connectivity index (χ1) is 9.39. The fraction of sp³-hybridized carbons (Fsp3) is 0.438. The highest BCUT2D eigenvalue weighted by atomic mass is 19.1. The summed E-state index contributed by atoms with van der Waals surface area (Å²) in [5.41, 5.74) is 5.45. The Hall–Kier alpha value is -1.86. The van der Waals surface area contributed by atoms with Crippen molar-refractivity contribution in [2.75, 3.05) is 6.54 Å². The molecule has 0 spiro atoms. The fourth-order valence-corrected chi connectivity index (χ4v) is 1.99. The molecule has 0 atom stereocenters. The van der Waals surface area contributed by atoms with E-state index < -0.39 is 11.7 Å². The third-order valence-corrected chi connectivity index (χ3v) is 2.88. The summed E-state index contributed by atoms with van der Waals surface area (Å²) in [6, 6.07) is 4.32. The Balaban J connectivity index is 2.89. The van der Waals surface area contributed by atoms with Crippen molar-refractivity contribution in [2.24, 2.45) is 5.73 Å². The van der Waals surface area contributed by atoms with Crippen LogP contribution < -0.4 is 11.1 Å². The summed E-state index contributed by atoms with van der Waals surface area (Å²) in [7, 11) is 0. The average molecular weight is 276 g/mol. The van der Waals surface area contributed by atoms with Crippen molar-refractivity contribution < 1.29 is 9.18 Å². The molecule has 0 saturated carbocycles. The normalized spacial score (nSPS) is 10.7. The maximum Gasteiger partial charge on any atom is 0.254 e. The van der Waals surface area contributed by atoms with Gasteiger partial charge in [-0.3, -0.25) is 4.79 Å². The average Bonchev–Trinajstić information content (AvgIpc) is 2.35. The minimum absolute atomic E-state index is 0.0347. The zero-order chi connectivity index (χ0) is 15.2. The summed E-state index contributed by atoms with van der Waals surface area (Å²) in [6.07, 6.45) is 1.78. The van der Waals surface area contributed by atoms with Crippen molar-refractivity contribution in [3.8, 4) is 11.8 Å². The highest BCUT2D eigenvalue weighted by Gasteiger charge is 2.21. The smallest absolute Gasteiger partial charge is 0.254 e. The molecule has 1 aromatic carbocycles. The van der Waals surface area contributed by atoms with Crippen LogP contribution >= 0.6 is 0 Å². The van der Waals surface area contributed by atoms with Gasteiger partial charge in [-0.15, -0.1) is 0 Å². The van der Waals surface area contributed by atoms with Crippen LogP contribution in [0.3, 0.4) is 0 Å². The van der Waals surface area contributed by atoms with E-state index in [2.05, 4.69) is 17.2 Å². The van der Waals surface area contributed by atoms with Crippen molar-refractivity contribution in [1.82, 2.24) is 5.32 Å². The largest absolute Gasteiger partial charge is 0.347 e. The van der Waals surface area contributed by atoms with Crippen LogP contribution in [0.15, 0.2) is 18.2 Å². The predicted octanol–water partition coefficient (Wildman–Crippen LogP) is 2.44. The molecule has 0 fully saturated rings. The van der Waals surface area contributed by atoms with Gasteiger partial charge in [-0.2, -0.15) is 0 Å². The molecule has 20 heavy (non-hydrogen) atoms. The molecular weight excluding hydrogens is 255 g/mol. The lowest BCUT2D eigenvalue weighted by Crippen LogP contribution is -2.43. The molecule has 0 aromatic heterocycles.